The zero-order valence-electron chi connectivity index (χ0n) is 17.8. The van der Waals surface area contributed by atoms with Gasteiger partial charge < -0.3 is 20.3 Å². The zero-order chi connectivity index (χ0) is 25.2. The number of hydrogen-bond donors (Lipinski definition) is 4. The van der Waals surface area contributed by atoms with Gasteiger partial charge in [0.15, 0.2) is 5.03 Å². The number of urea groups is 1. The molecular weight excluding hydrogens is 509 g/mol. The maximum atomic E-state index is 12.7. The Morgan fingerprint density at radius 3 is 2.50 bits per heavy atom. The zero-order valence-corrected chi connectivity index (χ0v) is 20.1. The van der Waals surface area contributed by atoms with Crippen molar-refractivity contribution in [2.45, 2.75) is 24.4 Å². The summed E-state index contributed by atoms with van der Waals surface area (Å²) in [5, 5.41) is 14.3. The number of halogens is 2. The summed E-state index contributed by atoms with van der Waals surface area (Å²) >= 11 is 12.3. The van der Waals surface area contributed by atoms with Gasteiger partial charge in [0.05, 0.1) is 28.4 Å². The number of rotatable bonds is 7. The molecule has 14 heteroatoms. The minimum absolute atomic E-state index is 0.206. The number of fused-ring (bicyclic) bond motifs is 1. The van der Waals surface area contributed by atoms with Crippen molar-refractivity contribution in [3.8, 4) is 0 Å². The standard InChI is InChI=1S/C20H19Cl2N5O6S/c1-10(7-17(28)29)24-20(31)26-34(32,33)16-6-3-11(9-23-16)25-19(30)15-8-12-14(27(15)2)5-4-13(21)18(12)22/h3-6,8-10H,7H2,1-2H3,(H,25,30)(H,28,29)(H2,24,26,31). The minimum atomic E-state index is -4.33. The van der Waals surface area contributed by atoms with E-state index in [9.17, 15) is 22.8 Å². The van der Waals surface area contributed by atoms with Crippen LogP contribution in [0.4, 0.5) is 10.5 Å². The van der Waals surface area contributed by atoms with Gasteiger partial charge in [-0.2, -0.15) is 8.42 Å². The third-order valence-electron chi connectivity index (χ3n) is 4.70. The molecule has 180 valence electrons. The fourth-order valence-electron chi connectivity index (χ4n) is 3.12. The second-order valence-electron chi connectivity index (χ2n) is 7.30. The van der Waals surface area contributed by atoms with Crippen LogP contribution >= 0.6 is 23.2 Å². The van der Waals surface area contributed by atoms with E-state index in [0.717, 1.165) is 12.3 Å². The number of carboxylic acid groups (broad SMARTS) is 1. The van der Waals surface area contributed by atoms with Gasteiger partial charge in [0.1, 0.15) is 5.69 Å². The van der Waals surface area contributed by atoms with Crippen molar-refractivity contribution in [1.29, 1.82) is 0 Å². The first-order valence-electron chi connectivity index (χ1n) is 9.65. The lowest BCUT2D eigenvalue weighted by Crippen LogP contribution is -2.44. The largest absolute Gasteiger partial charge is 0.481 e. The number of carboxylic acids is 1. The summed E-state index contributed by atoms with van der Waals surface area (Å²) in [6.07, 6.45) is 0.736. The fraction of sp³-hybridized carbons (Fsp3) is 0.200. The Hall–Kier alpha value is -3.35. The lowest BCUT2D eigenvalue weighted by Gasteiger charge is -2.13. The van der Waals surface area contributed by atoms with Gasteiger partial charge in [0, 0.05) is 24.0 Å². The van der Waals surface area contributed by atoms with Crippen LogP contribution in [0.5, 0.6) is 0 Å². The number of hydrogen-bond acceptors (Lipinski definition) is 6. The monoisotopic (exact) mass is 527 g/mol. The third kappa shape index (κ3) is 5.58. The summed E-state index contributed by atoms with van der Waals surface area (Å²) in [6, 6.07) is 5.45. The van der Waals surface area contributed by atoms with Crippen LogP contribution in [0.15, 0.2) is 41.6 Å². The van der Waals surface area contributed by atoms with Crippen LogP contribution in [-0.2, 0) is 21.9 Å². The number of aryl methyl sites for hydroxylation is 1. The Bertz CT molecular complexity index is 1390. The first-order valence-corrected chi connectivity index (χ1v) is 11.9. The summed E-state index contributed by atoms with van der Waals surface area (Å²) in [5.41, 5.74) is 1.18. The molecule has 0 aliphatic carbocycles. The van der Waals surface area contributed by atoms with E-state index in [-0.39, 0.29) is 17.8 Å². The third-order valence-corrected chi connectivity index (χ3v) is 6.77. The highest BCUT2D eigenvalue weighted by molar-refractivity contribution is 7.90. The van der Waals surface area contributed by atoms with Crippen molar-refractivity contribution in [3.05, 3.63) is 52.3 Å². The highest BCUT2D eigenvalue weighted by Crippen LogP contribution is 2.32. The summed E-state index contributed by atoms with van der Waals surface area (Å²) in [5.74, 6) is -1.64. The number of amides is 3. The molecule has 2 aromatic heterocycles. The number of pyridine rings is 1. The summed E-state index contributed by atoms with van der Waals surface area (Å²) in [6.45, 7) is 1.41. The van der Waals surface area contributed by atoms with Crippen LogP contribution in [0.2, 0.25) is 10.0 Å². The molecule has 0 saturated heterocycles. The SMILES string of the molecule is CC(CC(=O)O)NC(=O)NS(=O)(=O)c1ccc(NC(=O)c2cc3c(Cl)c(Cl)ccc3n2C)cn1. The maximum Gasteiger partial charge on any atom is 0.328 e. The van der Waals surface area contributed by atoms with Gasteiger partial charge in [-0.25, -0.2) is 14.5 Å². The van der Waals surface area contributed by atoms with Crippen molar-refractivity contribution in [3.63, 3.8) is 0 Å². The molecule has 3 rings (SSSR count). The van der Waals surface area contributed by atoms with E-state index in [0.29, 0.717) is 20.9 Å². The van der Waals surface area contributed by atoms with Gasteiger partial charge in [-0.3, -0.25) is 9.59 Å². The number of carbonyl (C=O) groups excluding carboxylic acids is 2. The summed E-state index contributed by atoms with van der Waals surface area (Å²) in [4.78, 5) is 39.0. The predicted octanol–water partition coefficient (Wildman–Crippen LogP) is 2.98. The number of benzene rings is 1. The highest BCUT2D eigenvalue weighted by Gasteiger charge is 2.21. The molecule has 34 heavy (non-hydrogen) atoms. The van der Waals surface area contributed by atoms with E-state index in [1.165, 1.54) is 13.0 Å². The summed E-state index contributed by atoms with van der Waals surface area (Å²) < 4.78 is 28.1. The molecule has 0 fully saturated rings. The maximum absolute atomic E-state index is 12.7. The number of aliphatic carboxylic acids is 1. The van der Waals surface area contributed by atoms with Crippen molar-refractivity contribution in [2.75, 3.05) is 5.32 Å². The topological polar surface area (TPSA) is 159 Å². The van der Waals surface area contributed by atoms with Crippen LogP contribution in [0.3, 0.4) is 0 Å². The number of sulfonamides is 1. The smallest absolute Gasteiger partial charge is 0.328 e. The van der Waals surface area contributed by atoms with Gasteiger partial charge in [-0.1, -0.05) is 23.2 Å². The van der Waals surface area contributed by atoms with E-state index in [2.05, 4.69) is 15.6 Å². The quantitative estimate of drug-likeness (QED) is 0.367. The van der Waals surface area contributed by atoms with Crippen molar-refractivity contribution < 1.29 is 27.9 Å². The molecule has 0 aliphatic heterocycles. The van der Waals surface area contributed by atoms with E-state index < -0.39 is 39.0 Å². The summed E-state index contributed by atoms with van der Waals surface area (Å²) in [7, 11) is -2.64. The number of nitrogens with zero attached hydrogens (tertiary/aromatic N) is 2. The van der Waals surface area contributed by atoms with Crippen LogP contribution in [0.25, 0.3) is 10.9 Å². The molecule has 2 heterocycles. The van der Waals surface area contributed by atoms with Gasteiger partial charge in [-0.15, -0.1) is 0 Å². The van der Waals surface area contributed by atoms with Crippen molar-refractivity contribution in [1.82, 2.24) is 19.6 Å². The second-order valence-corrected chi connectivity index (χ2v) is 9.71. The van der Waals surface area contributed by atoms with Gasteiger partial charge in [-0.05, 0) is 37.3 Å². The minimum Gasteiger partial charge on any atom is -0.481 e. The average molecular weight is 528 g/mol. The lowest BCUT2D eigenvalue weighted by atomic mass is 10.2. The molecule has 11 nitrogen and oxygen atoms in total. The van der Waals surface area contributed by atoms with Gasteiger partial charge in [0.2, 0.25) is 0 Å². The van der Waals surface area contributed by atoms with E-state index in [1.54, 1.807) is 34.5 Å². The predicted molar refractivity (Wildman–Crippen MR) is 126 cm³/mol. The molecule has 3 aromatic rings. The van der Waals surface area contributed by atoms with Crippen LogP contribution in [0.1, 0.15) is 23.8 Å². The fourth-order valence-corrected chi connectivity index (χ4v) is 4.34. The molecule has 0 aliphatic rings. The van der Waals surface area contributed by atoms with Gasteiger partial charge >= 0.3 is 12.0 Å². The number of anilines is 1. The van der Waals surface area contributed by atoms with E-state index >= 15 is 0 Å². The Morgan fingerprint density at radius 2 is 1.88 bits per heavy atom. The molecule has 1 aromatic carbocycles. The normalized spacial score (nSPS) is 12.2. The van der Waals surface area contributed by atoms with Crippen LogP contribution < -0.4 is 15.4 Å². The molecule has 0 saturated carbocycles. The Kier molecular flexibility index (Phi) is 7.34. The molecular formula is C20H19Cl2N5O6S. The Morgan fingerprint density at radius 1 is 1.18 bits per heavy atom. The molecule has 3 amide bonds. The first-order chi connectivity index (χ1) is 15.9. The molecule has 0 bridgehead atoms. The van der Waals surface area contributed by atoms with Gasteiger partial charge in [0.25, 0.3) is 15.9 Å². The molecule has 1 unspecified atom stereocenters. The molecule has 1 atom stereocenters. The lowest BCUT2D eigenvalue weighted by molar-refractivity contribution is -0.137. The second kappa shape index (κ2) is 9.87. The number of nitrogens with one attached hydrogen (secondary N) is 3. The Balaban J connectivity index is 1.71. The first kappa shape index (κ1) is 25.3. The molecule has 0 spiro atoms. The van der Waals surface area contributed by atoms with E-state index in [1.807, 2.05) is 0 Å². The van der Waals surface area contributed by atoms with Crippen molar-refractivity contribution in [2.24, 2.45) is 7.05 Å². The van der Waals surface area contributed by atoms with Crippen LogP contribution in [-0.4, -0.2) is 47.0 Å². The molecule has 0 radical (unpaired) electrons. The number of aromatic nitrogens is 2. The molecule has 4 N–H and O–H groups in total. The van der Waals surface area contributed by atoms with Crippen molar-refractivity contribution >= 4 is 67.7 Å². The van der Waals surface area contributed by atoms with E-state index in [4.69, 9.17) is 28.3 Å². The van der Waals surface area contributed by atoms with Crippen LogP contribution in [0, 0.1) is 0 Å². The average Bonchev–Trinajstić information content (AvgIpc) is 3.07. The Labute approximate surface area is 204 Å². The highest BCUT2D eigenvalue weighted by atomic mass is 35.5. The number of carbonyl (C=O) groups is 3.